The largest absolute Gasteiger partial charge is 0.461 e. The molecule has 44 heavy (non-hydrogen) atoms. The van der Waals surface area contributed by atoms with Crippen LogP contribution >= 0.6 is 0 Å². The number of epoxide rings is 1. The average molecular weight is 611 g/mol. The van der Waals surface area contributed by atoms with Crippen LogP contribution in [0.25, 0.3) is 0 Å². The van der Waals surface area contributed by atoms with E-state index in [0.717, 1.165) is 5.56 Å². The van der Waals surface area contributed by atoms with Crippen molar-refractivity contribution in [3.05, 3.63) is 47.5 Å². The molecule has 1 aliphatic heterocycles. The van der Waals surface area contributed by atoms with Crippen molar-refractivity contribution in [2.75, 3.05) is 0 Å². The van der Waals surface area contributed by atoms with Gasteiger partial charge in [-0.2, -0.15) is 0 Å². The smallest absolute Gasteiger partial charge is 0.310 e. The predicted octanol–water partition coefficient (Wildman–Crippen LogP) is 3.92. The fraction of sp³-hybridized carbons (Fsp3) is 0.618. The number of ketones is 1. The van der Waals surface area contributed by atoms with Gasteiger partial charge in [-0.15, -0.1) is 0 Å². The molecule has 10 atom stereocenters. The summed E-state index contributed by atoms with van der Waals surface area (Å²) in [6.07, 6.45) is -1.61. The van der Waals surface area contributed by atoms with Crippen molar-refractivity contribution in [3.8, 4) is 0 Å². The van der Waals surface area contributed by atoms with E-state index in [1.165, 1.54) is 20.8 Å². The highest BCUT2D eigenvalue weighted by atomic mass is 16.7. The third kappa shape index (κ3) is 5.25. The molecule has 0 aromatic heterocycles. The zero-order valence-corrected chi connectivity index (χ0v) is 26.6. The Morgan fingerprint density at radius 1 is 0.864 bits per heavy atom. The van der Waals surface area contributed by atoms with Crippen molar-refractivity contribution < 1.29 is 47.7 Å². The summed E-state index contributed by atoms with van der Waals surface area (Å²) in [6.45, 7) is 13.1. The van der Waals surface area contributed by atoms with Crippen molar-refractivity contribution in [1.82, 2.24) is 0 Å². The normalized spacial score (nSPS) is 39.5. The van der Waals surface area contributed by atoms with Crippen LogP contribution in [-0.2, 0) is 54.1 Å². The second-order valence-electron chi connectivity index (χ2n) is 13.6. The topological polar surface area (TPSA) is 135 Å². The third-order valence-electron chi connectivity index (χ3n) is 10.0. The van der Waals surface area contributed by atoms with Crippen LogP contribution in [0.3, 0.4) is 0 Å². The summed E-state index contributed by atoms with van der Waals surface area (Å²) in [6, 6.07) is 9.20. The van der Waals surface area contributed by atoms with E-state index in [-0.39, 0.29) is 30.5 Å². The maximum absolute atomic E-state index is 14.5. The van der Waals surface area contributed by atoms with Gasteiger partial charge in [-0.3, -0.25) is 24.0 Å². The Morgan fingerprint density at radius 3 is 2.02 bits per heavy atom. The SMILES string of the molecule is CC(=O)OC1/C(C)=C/[C@@]23O[C@@]2(C[C@H](C)[C@@H]3OC(=O)Cc2ccccc2)C(=O)[C@H](C)[C@H](OC(C)=O)[C@@H]2[C@H]([C@H]1OC(C)=O)C2(C)C. The number of esters is 4. The average Bonchev–Trinajstić information content (AvgIpc) is 3.72. The number of ether oxygens (including phenoxy) is 5. The number of hydrogen-bond donors (Lipinski definition) is 0. The zero-order valence-electron chi connectivity index (χ0n) is 26.6. The molecule has 1 aromatic carbocycles. The van der Waals surface area contributed by atoms with Crippen LogP contribution < -0.4 is 0 Å². The van der Waals surface area contributed by atoms with Crippen molar-refractivity contribution >= 4 is 29.7 Å². The molecule has 1 aromatic rings. The maximum atomic E-state index is 14.5. The van der Waals surface area contributed by atoms with Gasteiger partial charge < -0.3 is 23.7 Å². The summed E-state index contributed by atoms with van der Waals surface area (Å²) in [5, 5.41) is 0. The first kappa shape index (κ1) is 31.9. The molecule has 1 unspecified atom stereocenters. The van der Waals surface area contributed by atoms with Crippen LogP contribution in [0.2, 0.25) is 0 Å². The van der Waals surface area contributed by atoms with E-state index in [0.29, 0.717) is 5.57 Å². The molecule has 1 saturated heterocycles. The fourth-order valence-corrected chi connectivity index (χ4v) is 8.16. The van der Waals surface area contributed by atoms with Gasteiger partial charge in [0.1, 0.15) is 18.3 Å². The van der Waals surface area contributed by atoms with Gasteiger partial charge in [0, 0.05) is 32.6 Å². The molecular formula is C34H42O10. The molecule has 3 aliphatic carbocycles. The molecule has 10 nitrogen and oxygen atoms in total. The van der Waals surface area contributed by atoms with Gasteiger partial charge in [-0.25, -0.2) is 0 Å². The van der Waals surface area contributed by atoms with E-state index in [1.54, 1.807) is 19.9 Å². The van der Waals surface area contributed by atoms with Crippen LogP contribution in [0.4, 0.5) is 0 Å². The van der Waals surface area contributed by atoms with Gasteiger partial charge in [-0.1, -0.05) is 58.0 Å². The minimum atomic E-state index is -1.35. The van der Waals surface area contributed by atoms with E-state index in [1.807, 2.05) is 51.1 Å². The Kier molecular flexibility index (Phi) is 8.06. The number of Topliss-reactive ketones (excluding diaryl/α,β-unsaturated/α-hetero) is 1. The van der Waals surface area contributed by atoms with Crippen LogP contribution in [0.15, 0.2) is 42.0 Å². The van der Waals surface area contributed by atoms with Crippen LogP contribution in [0.5, 0.6) is 0 Å². The molecule has 0 N–H and O–H groups in total. The molecule has 0 amide bonds. The number of carbonyl (C=O) groups excluding carboxylic acids is 5. The molecule has 10 heteroatoms. The standard InChI is InChI=1S/C34H42O10/c1-17-15-34-31(43-24(38)14-23-12-10-9-11-13-23)18(2)16-33(34,44-34)30(39)19(3)28(41-21(5)36)25-26(32(25,7)8)29(42-22(6)37)27(17)40-20(4)35/h9-13,15,18-19,25-29,31H,14,16H2,1-8H3/b17-15+/t18-,19+,25-,26+,27?,28-,29+,31-,33-,34-/m0/s1. The monoisotopic (exact) mass is 610 g/mol. The van der Waals surface area contributed by atoms with Crippen LogP contribution in [0, 0.1) is 29.1 Å². The molecular weight excluding hydrogens is 568 g/mol. The quantitative estimate of drug-likeness (QED) is 0.202. The lowest BCUT2D eigenvalue weighted by molar-refractivity contribution is -0.166. The maximum Gasteiger partial charge on any atom is 0.310 e. The molecule has 2 saturated carbocycles. The Bertz CT molecular complexity index is 1400. The second kappa shape index (κ2) is 11.1. The molecule has 0 radical (unpaired) electrons. The highest BCUT2D eigenvalue weighted by molar-refractivity contribution is 5.96. The highest BCUT2D eigenvalue weighted by Crippen LogP contribution is 2.69. The first-order chi connectivity index (χ1) is 20.6. The van der Waals surface area contributed by atoms with Gasteiger partial charge in [0.2, 0.25) is 0 Å². The highest BCUT2D eigenvalue weighted by Gasteiger charge is 2.84. The first-order valence-corrected chi connectivity index (χ1v) is 15.2. The van der Waals surface area contributed by atoms with Crippen molar-refractivity contribution in [2.24, 2.45) is 29.1 Å². The van der Waals surface area contributed by atoms with Gasteiger partial charge in [0.25, 0.3) is 0 Å². The lowest BCUT2D eigenvalue weighted by Crippen LogP contribution is -2.43. The minimum Gasteiger partial charge on any atom is -0.461 e. The van der Waals surface area contributed by atoms with E-state index >= 15 is 0 Å². The van der Waals surface area contributed by atoms with E-state index in [2.05, 4.69) is 0 Å². The lowest BCUT2D eigenvalue weighted by Gasteiger charge is -2.30. The van der Waals surface area contributed by atoms with Gasteiger partial charge in [0.05, 0.1) is 12.3 Å². The molecule has 3 fully saturated rings. The zero-order chi connectivity index (χ0) is 32.4. The van der Waals surface area contributed by atoms with Crippen molar-refractivity contribution in [1.29, 1.82) is 0 Å². The van der Waals surface area contributed by atoms with E-state index < -0.39 is 76.7 Å². The predicted molar refractivity (Wildman–Crippen MR) is 156 cm³/mol. The summed E-state index contributed by atoms with van der Waals surface area (Å²) in [7, 11) is 0. The van der Waals surface area contributed by atoms with E-state index in [9.17, 15) is 24.0 Å². The minimum absolute atomic E-state index is 0.0394. The summed E-state index contributed by atoms with van der Waals surface area (Å²) in [5.41, 5.74) is -1.95. The molecule has 0 spiro atoms. The summed E-state index contributed by atoms with van der Waals surface area (Å²) in [4.78, 5) is 65.0. The summed E-state index contributed by atoms with van der Waals surface area (Å²) >= 11 is 0. The fourth-order valence-electron chi connectivity index (χ4n) is 8.16. The Labute approximate surface area is 257 Å². The Balaban J connectivity index is 1.62. The molecule has 5 rings (SSSR count). The van der Waals surface area contributed by atoms with Crippen molar-refractivity contribution in [3.63, 3.8) is 0 Å². The van der Waals surface area contributed by atoms with Gasteiger partial charge in [-0.05, 0) is 41.9 Å². The molecule has 4 aliphatic rings. The second-order valence-corrected chi connectivity index (χ2v) is 13.6. The number of fused-ring (bicyclic) bond motifs is 1. The van der Waals surface area contributed by atoms with Crippen LogP contribution in [-0.4, -0.2) is 65.3 Å². The molecule has 0 bridgehead atoms. The summed E-state index contributed by atoms with van der Waals surface area (Å²) < 4.78 is 30.1. The van der Waals surface area contributed by atoms with Crippen LogP contribution in [0.1, 0.15) is 67.4 Å². The number of benzene rings is 1. The summed E-state index contributed by atoms with van der Waals surface area (Å²) in [5.74, 6) is -4.27. The third-order valence-corrected chi connectivity index (χ3v) is 10.0. The van der Waals surface area contributed by atoms with Crippen molar-refractivity contribution in [2.45, 2.75) is 104 Å². The number of rotatable bonds is 6. The van der Waals surface area contributed by atoms with Gasteiger partial charge in [0.15, 0.2) is 23.1 Å². The molecule has 1 heterocycles. The lowest BCUT2D eigenvalue weighted by atomic mass is 9.80. The Morgan fingerprint density at radius 2 is 1.43 bits per heavy atom. The molecule has 238 valence electrons. The Hall–Kier alpha value is -3.53. The van der Waals surface area contributed by atoms with Gasteiger partial charge >= 0.3 is 23.9 Å². The number of carbonyl (C=O) groups is 5. The number of hydrogen-bond acceptors (Lipinski definition) is 10. The first-order valence-electron chi connectivity index (χ1n) is 15.2. The van der Waals surface area contributed by atoms with E-state index in [4.69, 9.17) is 23.7 Å².